The molecule has 0 saturated heterocycles. The van der Waals surface area contributed by atoms with Crippen molar-refractivity contribution in [2.45, 2.75) is 31.6 Å². The first-order valence-electron chi connectivity index (χ1n) is 6.29. The summed E-state index contributed by atoms with van der Waals surface area (Å²) in [5, 5.41) is 10.3. The Morgan fingerprint density at radius 1 is 1.33 bits per heavy atom. The van der Waals surface area contributed by atoms with Gasteiger partial charge in [0.05, 0.1) is 5.41 Å². The van der Waals surface area contributed by atoms with Gasteiger partial charge in [-0.2, -0.15) is 0 Å². The zero-order valence-corrected chi connectivity index (χ0v) is 11.0. The van der Waals surface area contributed by atoms with Crippen molar-refractivity contribution >= 4 is 17.6 Å². The van der Waals surface area contributed by atoms with Gasteiger partial charge >= 0.3 is 5.97 Å². The molecule has 4 heteroatoms. The topological polar surface area (TPSA) is 63.3 Å². The third-order valence-corrected chi connectivity index (χ3v) is 4.35. The summed E-state index contributed by atoms with van der Waals surface area (Å²) < 4.78 is 0. The molecule has 3 nitrogen and oxygen atoms in total. The Balaban J connectivity index is 2.37. The number of hydrogen-bond acceptors (Lipinski definition) is 2. The first-order valence-corrected chi connectivity index (χ1v) is 6.67. The summed E-state index contributed by atoms with van der Waals surface area (Å²) >= 11 is 5.87. The van der Waals surface area contributed by atoms with E-state index in [1.807, 2.05) is 12.1 Å². The third-order valence-electron chi connectivity index (χ3n) is 4.10. The third kappa shape index (κ3) is 2.25. The van der Waals surface area contributed by atoms with Crippen LogP contribution in [0.2, 0.25) is 5.02 Å². The largest absolute Gasteiger partial charge is 0.481 e. The normalized spacial score (nSPS) is 19.7. The molecular weight excluding hydrogens is 250 g/mol. The summed E-state index contributed by atoms with van der Waals surface area (Å²) in [7, 11) is 0. The van der Waals surface area contributed by atoms with Crippen LogP contribution in [0.25, 0.3) is 0 Å². The molecular formula is C14H18ClNO2. The number of halogens is 1. The molecule has 0 radical (unpaired) electrons. The molecule has 3 N–H and O–H groups in total. The van der Waals surface area contributed by atoms with E-state index in [1.165, 1.54) is 0 Å². The number of aliphatic carboxylic acids is 1. The van der Waals surface area contributed by atoms with Gasteiger partial charge in [-0.25, -0.2) is 0 Å². The Kier molecular flexibility index (Phi) is 3.93. The Morgan fingerprint density at radius 3 is 2.33 bits per heavy atom. The summed E-state index contributed by atoms with van der Waals surface area (Å²) in [4.78, 5) is 11.7. The van der Waals surface area contributed by atoms with Gasteiger partial charge in [-0.15, -0.1) is 0 Å². The van der Waals surface area contributed by atoms with Crippen LogP contribution < -0.4 is 5.73 Å². The van der Waals surface area contributed by atoms with Crippen molar-refractivity contribution in [3.8, 4) is 0 Å². The zero-order chi connectivity index (χ0) is 13.2. The summed E-state index contributed by atoms with van der Waals surface area (Å²) in [6.07, 6.45) is 3.37. The van der Waals surface area contributed by atoms with E-state index in [4.69, 9.17) is 17.3 Å². The molecule has 1 aliphatic carbocycles. The molecule has 0 spiro atoms. The molecule has 0 aliphatic heterocycles. The molecule has 1 aromatic carbocycles. The van der Waals surface area contributed by atoms with Crippen molar-refractivity contribution < 1.29 is 9.90 Å². The predicted octanol–water partition coefficient (Wildman–Crippen LogP) is 3.03. The first kappa shape index (κ1) is 13.4. The lowest BCUT2D eigenvalue weighted by Gasteiger charge is -2.33. The Morgan fingerprint density at radius 2 is 1.89 bits per heavy atom. The molecule has 1 saturated carbocycles. The highest BCUT2D eigenvalue weighted by Crippen LogP contribution is 2.48. The zero-order valence-electron chi connectivity index (χ0n) is 10.2. The minimum atomic E-state index is -0.717. The van der Waals surface area contributed by atoms with Gasteiger partial charge in [0.1, 0.15) is 0 Å². The van der Waals surface area contributed by atoms with E-state index in [2.05, 4.69) is 0 Å². The summed E-state index contributed by atoms with van der Waals surface area (Å²) in [5.41, 5.74) is 6.14. The summed E-state index contributed by atoms with van der Waals surface area (Å²) in [6.45, 7) is 0.355. The Hall–Kier alpha value is -1.06. The van der Waals surface area contributed by atoms with Crippen molar-refractivity contribution in [2.75, 3.05) is 6.54 Å². The van der Waals surface area contributed by atoms with E-state index < -0.39 is 11.4 Å². The number of rotatable bonds is 4. The number of carbonyl (C=O) groups is 1. The molecule has 2 rings (SSSR count). The SMILES string of the molecule is NC[C@H](c1ccc(Cl)cc1)C1(C(=O)O)CCCC1. The number of hydrogen-bond donors (Lipinski definition) is 2. The van der Waals surface area contributed by atoms with Crippen LogP contribution in [0.4, 0.5) is 0 Å². The summed E-state index contributed by atoms with van der Waals surface area (Å²) in [5.74, 6) is -0.847. The maximum Gasteiger partial charge on any atom is 0.310 e. The second-order valence-corrected chi connectivity index (χ2v) is 5.44. The molecule has 1 fully saturated rings. The number of nitrogens with two attached hydrogens (primary N) is 1. The fourth-order valence-corrected chi connectivity index (χ4v) is 3.22. The van der Waals surface area contributed by atoms with Crippen molar-refractivity contribution in [3.63, 3.8) is 0 Å². The van der Waals surface area contributed by atoms with Crippen LogP contribution in [0.15, 0.2) is 24.3 Å². The highest BCUT2D eigenvalue weighted by Gasteiger charge is 2.47. The lowest BCUT2D eigenvalue weighted by molar-refractivity contribution is -0.150. The van der Waals surface area contributed by atoms with E-state index in [0.717, 1.165) is 18.4 Å². The van der Waals surface area contributed by atoms with Crippen LogP contribution in [0.5, 0.6) is 0 Å². The van der Waals surface area contributed by atoms with Crippen LogP contribution >= 0.6 is 11.6 Å². The maximum atomic E-state index is 11.7. The average Bonchev–Trinajstić information content (AvgIpc) is 2.83. The van der Waals surface area contributed by atoms with Crippen LogP contribution in [-0.2, 0) is 4.79 Å². The van der Waals surface area contributed by atoms with Crippen LogP contribution in [0, 0.1) is 5.41 Å². The maximum absolute atomic E-state index is 11.7. The van der Waals surface area contributed by atoms with E-state index in [-0.39, 0.29) is 5.92 Å². The minimum absolute atomic E-state index is 0.130. The Bertz CT molecular complexity index is 424. The predicted molar refractivity (Wildman–Crippen MR) is 71.8 cm³/mol. The molecule has 1 aromatic rings. The quantitative estimate of drug-likeness (QED) is 0.881. The lowest BCUT2D eigenvalue weighted by atomic mass is 9.70. The Labute approximate surface area is 112 Å². The fraction of sp³-hybridized carbons (Fsp3) is 0.500. The molecule has 1 atom stereocenters. The van der Waals surface area contributed by atoms with Gasteiger partial charge in [-0.1, -0.05) is 36.6 Å². The van der Waals surface area contributed by atoms with Gasteiger partial charge in [-0.3, -0.25) is 4.79 Å². The second-order valence-electron chi connectivity index (χ2n) is 5.01. The van der Waals surface area contributed by atoms with Crippen molar-refractivity contribution in [1.29, 1.82) is 0 Å². The van der Waals surface area contributed by atoms with Gasteiger partial charge in [0.2, 0.25) is 0 Å². The number of carboxylic acids is 1. The fourth-order valence-electron chi connectivity index (χ4n) is 3.09. The molecule has 0 unspecified atom stereocenters. The first-order chi connectivity index (χ1) is 8.60. The molecule has 98 valence electrons. The monoisotopic (exact) mass is 267 g/mol. The summed E-state index contributed by atoms with van der Waals surface area (Å²) in [6, 6.07) is 7.37. The molecule has 1 aliphatic rings. The molecule has 0 aromatic heterocycles. The number of benzene rings is 1. The van der Waals surface area contributed by atoms with Crippen molar-refractivity contribution in [1.82, 2.24) is 0 Å². The highest BCUT2D eigenvalue weighted by molar-refractivity contribution is 6.30. The van der Waals surface area contributed by atoms with Crippen molar-refractivity contribution in [3.05, 3.63) is 34.9 Å². The molecule has 0 amide bonds. The lowest BCUT2D eigenvalue weighted by Crippen LogP contribution is -2.38. The minimum Gasteiger partial charge on any atom is -0.481 e. The van der Waals surface area contributed by atoms with Crippen LogP contribution in [-0.4, -0.2) is 17.6 Å². The van der Waals surface area contributed by atoms with Crippen LogP contribution in [0.1, 0.15) is 37.2 Å². The van der Waals surface area contributed by atoms with Crippen molar-refractivity contribution in [2.24, 2.45) is 11.1 Å². The molecule has 0 bridgehead atoms. The molecule has 0 heterocycles. The highest BCUT2D eigenvalue weighted by atomic mass is 35.5. The van der Waals surface area contributed by atoms with Gasteiger partial charge < -0.3 is 10.8 Å². The van der Waals surface area contributed by atoms with Crippen LogP contribution in [0.3, 0.4) is 0 Å². The van der Waals surface area contributed by atoms with Gasteiger partial charge in [0.15, 0.2) is 0 Å². The standard InChI is InChI=1S/C14H18ClNO2/c15-11-5-3-10(4-6-11)12(9-16)14(13(17)18)7-1-2-8-14/h3-6,12H,1-2,7-9,16H2,(H,17,18)/t12-/m1/s1. The van der Waals surface area contributed by atoms with E-state index in [0.29, 0.717) is 24.4 Å². The second kappa shape index (κ2) is 5.29. The molecule has 18 heavy (non-hydrogen) atoms. The van der Waals surface area contributed by atoms with E-state index in [9.17, 15) is 9.90 Å². The van der Waals surface area contributed by atoms with Gasteiger partial charge in [-0.05, 0) is 30.5 Å². The van der Waals surface area contributed by atoms with E-state index >= 15 is 0 Å². The average molecular weight is 268 g/mol. The van der Waals surface area contributed by atoms with Gasteiger partial charge in [0.25, 0.3) is 0 Å². The van der Waals surface area contributed by atoms with Gasteiger partial charge in [0, 0.05) is 17.5 Å². The number of carboxylic acid groups (broad SMARTS) is 1. The smallest absolute Gasteiger partial charge is 0.310 e. The van der Waals surface area contributed by atoms with E-state index in [1.54, 1.807) is 12.1 Å².